The maximum absolute atomic E-state index is 12.7. The molecule has 0 aliphatic carbocycles. The zero-order chi connectivity index (χ0) is 17.9. The van der Waals surface area contributed by atoms with Gasteiger partial charge in [-0.3, -0.25) is 14.2 Å². The Labute approximate surface area is 149 Å². The van der Waals surface area contributed by atoms with Crippen LogP contribution in [0.15, 0.2) is 60.1 Å². The van der Waals surface area contributed by atoms with Crippen LogP contribution in [0.2, 0.25) is 0 Å². The third-order valence-corrected chi connectivity index (χ3v) is 4.39. The molecule has 4 rings (SSSR count). The Morgan fingerprint density at radius 1 is 0.962 bits per heavy atom. The lowest BCUT2D eigenvalue weighted by Gasteiger charge is -2.34. The molecular weight excluding hydrogens is 334 g/mol. The maximum Gasteiger partial charge on any atom is 0.257 e. The summed E-state index contributed by atoms with van der Waals surface area (Å²) in [5.41, 5.74) is 1.06. The first-order valence-electron chi connectivity index (χ1n) is 8.27. The molecular formula is C18H17N5O3. The summed E-state index contributed by atoms with van der Waals surface area (Å²) in [6.07, 6.45) is 9.60. The number of hydrogen-bond donors (Lipinski definition) is 0. The van der Waals surface area contributed by atoms with Crippen LogP contribution in [0.25, 0.3) is 5.82 Å². The highest BCUT2D eigenvalue weighted by molar-refractivity contribution is 5.95. The van der Waals surface area contributed by atoms with Gasteiger partial charge in [-0.25, -0.2) is 9.97 Å². The van der Waals surface area contributed by atoms with E-state index in [0.717, 1.165) is 0 Å². The topological polar surface area (TPSA) is 84.5 Å². The summed E-state index contributed by atoms with van der Waals surface area (Å²) in [7, 11) is 0. The van der Waals surface area contributed by atoms with Crippen molar-refractivity contribution in [3.63, 3.8) is 0 Å². The minimum Gasteiger partial charge on any atom is -0.472 e. The number of carbonyl (C=O) groups excluding carboxylic acids is 2. The molecule has 8 nitrogen and oxygen atoms in total. The second-order valence-electron chi connectivity index (χ2n) is 5.97. The molecule has 0 aromatic carbocycles. The number of carbonyl (C=O) groups is 2. The van der Waals surface area contributed by atoms with Crippen LogP contribution in [-0.4, -0.2) is 62.3 Å². The molecule has 4 heterocycles. The molecule has 26 heavy (non-hydrogen) atoms. The molecule has 3 aromatic rings. The second kappa shape index (κ2) is 6.83. The van der Waals surface area contributed by atoms with Crippen LogP contribution in [0.5, 0.6) is 0 Å². The molecule has 1 saturated heterocycles. The summed E-state index contributed by atoms with van der Waals surface area (Å²) >= 11 is 0. The van der Waals surface area contributed by atoms with Crippen molar-refractivity contribution in [2.24, 2.45) is 0 Å². The lowest BCUT2D eigenvalue weighted by Crippen LogP contribution is -2.50. The molecule has 1 aliphatic heterocycles. The van der Waals surface area contributed by atoms with Gasteiger partial charge in [-0.05, 0) is 18.2 Å². The number of imidazole rings is 1. The van der Waals surface area contributed by atoms with Gasteiger partial charge in [-0.2, -0.15) is 0 Å². The number of nitrogens with zero attached hydrogens (tertiary/aromatic N) is 5. The number of rotatable bonds is 3. The van der Waals surface area contributed by atoms with Crippen LogP contribution >= 0.6 is 0 Å². The van der Waals surface area contributed by atoms with Gasteiger partial charge in [-0.15, -0.1) is 0 Å². The van der Waals surface area contributed by atoms with Crippen LogP contribution in [0.1, 0.15) is 20.7 Å². The molecule has 0 radical (unpaired) electrons. The first-order valence-corrected chi connectivity index (χ1v) is 8.27. The van der Waals surface area contributed by atoms with Gasteiger partial charge >= 0.3 is 0 Å². The highest BCUT2D eigenvalue weighted by Crippen LogP contribution is 2.13. The van der Waals surface area contributed by atoms with Crippen molar-refractivity contribution in [3.05, 3.63) is 66.8 Å². The van der Waals surface area contributed by atoms with Crippen LogP contribution in [-0.2, 0) is 0 Å². The predicted octanol–water partition coefficient (Wildman–Crippen LogP) is 1.46. The van der Waals surface area contributed by atoms with E-state index in [1.165, 1.54) is 12.5 Å². The van der Waals surface area contributed by atoms with Crippen LogP contribution in [0.4, 0.5) is 0 Å². The largest absolute Gasteiger partial charge is 0.472 e. The van der Waals surface area contributed by atoms with E-state index in [1.54, 1.807) is 57.5 Å². The minimum absolute atomic E-state index is 0.0720. The molecule has 0 atom stereocenters. The van der Waals surface area contributed by atoms with Crippen molar-refractivity contribution in [2.75, 3.05) is 26.2 Å². The summed E-state index contributed by atoms with van der Waals surface area (Å²) in [6.45, 7) is 1.98. The molecule has 1 fully saturated rings. The molecule has 0 spiro atoms. The number of piperazine rings is 1. The Morgan fingerprint density at radius 2 is 1.69 bits per heavy atom. The van der Waals surface area contributed by atoms with Crippen LogP contribution in [0.3, 0.4) is 0 Å². The average molecular weight is 351 g/mol. The molecule has 0 unspecified atom stereocenters. The van der Waals surface area contributed by atoms with E-state index in [0.29, 0.717) is 43.1 Å². The second-order valence-corrected chi connectivity index (χ2v) is 5.97. The molecule has 0 N–H and O–H groups in total. The standard InChI is InChI=1S/C18H17N5O3/c24-17(14-1-2-16(20-11-14)23-5-4-19-13-23)21-6-8-22(9-7-21)18(25)15-3-10-26-12-15/h1-5,10-13H,6-9H2. The van der Waals surface area contributed by atoms with Crippen molar-refractivity contribution >= 4 is 11.8 Å². The van der Waals surface area contributed by atoms with E-state index in [-0.39, 0.29) is 11.8 Å². The van der Waals surface area contributed by atoms with Gasteiger partial charge in [0.05, 0.1) is 17.4 Å². The van der Waals surface area contributed by atoms with E-state index in [1.807, 2.05) is 0 Å². The molecule has 2 amide bonds. The maximum atomic E-state index is 12.7. The Hall–Kier alpha value is -3.42. The number of furan rings is 1. The van der Waals surface area contributed by atoms with Crippen molar-refractivity contribution in [1.82, 2.24) is 24.3 Å². The Balaban J connectivity index is 1.38. The minimum atomic E-state index is -0.0786. The Kier molecular flexibility index (Phi) is 4.22. The van der Waals surface area contributed by atoms with E-state index >= 15 is 0 Å². The van der Waals surface area contributed by atoms with Gasteiger partial charge in [0, 0.05) is 44.8 Å². The summed E-state index contributed by atoms with van der Waals surface area (Å²) in [5.74, 6) is 0.553. The van der Waals surface area contributed by atoms with Crippen molar-refractivity contribution in [2.45, 2.75) is 0 Å². The van der Waals surface area contributed by atoms with Gasteiger partial charge in [0.15, 0.2) is 0 Å². The first-order chi connectivity index (χ1) is 12.7. The molecule has 3 aromatic heterocycles. The summed E-state index contributed by atoms with van der Waals surface area (Å²) in [5, 5.41) is 0. The van der Waals surface area contributed by atoms with Crippen LogP contribution < -0.4 is 0 Å². The first kappa shape index (κ1) is 16.1. The lowest BCUT2D eigenvalue weighted by molar-refractivity contribution is 0.0535. The zero-order valence-electron chi connectivity index (χ0n) is 14.0. The highest BCUT2D eigenvalue weighted by atomic mass is 16.3. The van der Waals surface area contributed by atoms with Crippen LogP contribution in [0, 0.1) is 0 Å². The molecule has 132 valence electrons. The molecule has 0 saturated carbocycles. The predicted molar refractivity (Wildman–Crippen MR) is 91.9 cm³/mol. The fourth-order valence-electron chi connectivity index (χ4n) is 2.92. The highest BCUT2D eigenvalue weighted by Gasteiger charge is 2.26. The zero-order valence-corrected chi connectivity index (χ0v) is 14.0. The van der Waals surface area contributed by atoms with E-state index in [2.05, 4.69) is 9.97 Å². The normalized spacial score (nSPS) is 14.5. The monoisotopic (exact) mass is 351 g/mol. The smallest absolute Gasteiger partial charge is 0.257 e. The SMILES string of the molecule is O=C(c1ccc(-n2ccnc2)nc1)N1CCN(C(=O)c2ccoc2)CC1. The van der Waals surface area contributed by atoms with Crippen molar-refractivity contribution in [1.29, 1.82) is 0 Å². The Bertz CT molecular complexity index is 880. The van der Waals surface area contributed by atoms with E-state index < -0.39 is 0 Å². The third kappa shape index (κ3) is 3.08. The van der Waals surface area contributed by atoms with E-state index in [4.69, 9.17) is 4.42 Å². The van der Waals surface area contributed by atoms with Gasteiger partial charge in [0.25, 0.3) is 11.8 Å². The quantitative estimate of drug-likeness (QED) is 0.713. The molecule has 0 bridgehead atoms. The van der Waals surface area contributed by atoms with Gasteiger partial charge in [-0.1, -0.05) is 0 Å². The lowest BCUT2D eigenvalue weighted by atomic mass is 10.2. The number of aromatic nitrogens is 3. The number of amides is 2. The number of hydrogen-bond acceptors (Lipinski definition) is 5. The van der Waals surface area contributed by atoms with Crippen molar-refractivity contribution < 1.29 is 14.0 Å². The van der Waals surface area contributed by atoms with Gasteiger partial charge < -0.3 is 14.2 Å². The van der Waals surface area contributed by atoms with Gasteiger partial charge in [0.2, 0.25) is 0 Å². The molecule has 1 aliphatic rings. The van der Waals surface area contributed by atoms with Gasteiger partial charge in [0.1, 0.15) is 18.4 Å². The average Bonchev–Trinajstić information content (AvgIpc) is 3.41. The molecule has 8 heteroatoms. The summed E-state index contributed by atoms with van der Waals surface area (Å²) in [4.78, 5) is 36.7. The Morgan fingerprint density at radius 3 is 2.23 bits per heavy atom. The third-order valence-electron chi connectivity index (χ3n) is 4.39. The number of pyridine rings is 1. The van der Waals surface area contributed by atoms with Crippen molar-refractivity contribution in [3.8, 4) is 5.82 Å². The van der Waals surface area contributed by atoms with E-state index in [9.17, 15) is 9.59 Å². The summed E-state index contributed by atoms with van der Waals surface area (Å²) < 4.78 is 6.73. The fraction of sp³-hybridized carbons (Fsp3) is 0.222. The summed E-state index contributed by atoms with van der Waals surface area (Å²) in [6, 6.07) is 5.19. The fourth-order valence-corrected chi connectivity index (χ4v) is 2.92.